The van der Waals surface area contributed by atoms with Gasteiger partial charge in [-0.25, -0.2) is 9.59 Å². The second kappa shape index (κ2) is 16.8. The Bertz CT molecular complexity index is 1760. The summed E-state index contributed by atoms with van der Waals surface area (Å²) in [5.41, 5.74) is -2.08. The number of hydrogen-bond acceptors (Lipinski definition) is 11. The van der Waals surface area contributed by atoms with E-state index >= 15 is 0 Å². The van der Waals surface area contributed by atoms with Gasteiger partial charge in [0, 0.05) is 37.3 Å². The molecule has 266 valence electrons. The van der Waals surface area contributed by atoms with Gasteiger partial charge in [0.05, 0.1) is 48.9 Å². The molecule has 1 heterocycles. The number of non-ortho nitro benzene ring substituents is 1. The summed E-state index contributed by atoms with van der Waals surface area (Å²) in [6.07, 6.45) is -5.55. The highest BCUT2D eigenvalue weighted by molar-refractivity contribution is 6.00. The van der Waals surface area contributed by atoms with Crippen LogP contribution in [0.1, 0.15) is 35.6 Å². The summed E-state index contributed by atoms with van der Waals surface area (Å²) in [6, 6.07) is 19.0. The van der Waals surface area contributed by atoms with Gasteiger partial charge in [0.25, 0.3) is 5.69 Å². The van der Waals surface area contributed by atoms with Crippen LogP contribution in [-0.2, 0) is 25.5 Å². The molecule has 1 aliphatic rings. The molecule has 2 atom stereocenters. The summed E-state index contributed by atoms with van der Waals surface area (Å²) >= 11 is 0. The lowest BCUT2D eigenvalue weighted by atomic mass is 9.80. The molecule has 0 bridgehead atoms. The maximum Gasteiger partial charge on any atom is 0.431 e. The highest BCUT2D eigenvalue weighted by atomic mass is 19.4. The minimum absolute atomic E-state index is 0.114. The zero-order valence-corrected chi connectivity index (χ0v) is 27.4. The molecule has 0 saturated heterocycles. The number of hydrogen-bond donors (Lipinski definition) is 3. The number of carbonyl (C=O) groups is 2. The van der Waals surface area contributed by atoms with E-state index in [1.165, 1.54) is 26.2 Å². The largest absolute Gasteiger partial charge is 0.493 e. The minimum Gasteiger partial charge on any atom is -0.493 e. The number of nitrogens with zero attached hydrogens (tertiary/aromatic N) is 1. The van der Waals surface area contributed by atoms with Gasteiger partial charge in [-0.15, -0.1) is 0 Å². The van der Waals surface area contributed by atoms with E-state index in [-0.39, 0.29) is 36.5 Å². The highest BCUT2D eigenvalue weighted by Gasteiger charge is 2.47. The number of benzene rings is 3. The van der Waals surface area contributed by atoms with Gasteiger partial charge in [0.1, 0.15) is 12.3 Å². The Morgan fingerprint density at radius 2 is 1.72 bits per heavy atom. The van der Waals surface area contributed by atoms with Gasteiger partial charge in [-0.1, -0.05) is 48.5 Å². The van der Waals surface area contributed by atoms with Crippen LogP contribution in [0.2, 0.25) is 0 Å². The Hall–Kier alpha value is -5.41. The van der Waals surface area contributed by atoms with Crippen molar-refractivity contribution in [2.24, 2.45) is 0 Å². The summed E-state index contributed by atoms with van der Waals surface area (Å²) < 4.78 is 63.9. The quantitative estimate of drug-likeness (QED) is 0.0845. The first-order chi connectivity index (χ1) is 23.8. The van der Waals surface area contributed by atoms with Crippen molar-refractivity contribution in [3.63, 3.8) is 0 Å². The number of carbonyl (C=O) groups excluding carboxylic acids is 2. The summed E-state index contributed by atoms with van der Waals surface area (Å²) in [4.78, 5) is 37.0. The maximum absolute atomic E-state index is 14.2. The minimum atomic E-state index is -5.06. The van der Waals surface area contributed by atoms with E-state index in [1.807, 2.05) is 30.3 Å². The number of nitrogens with one attached hydrogen (secondary N) is 2. The van der Waals surface area contributed by atoms with Crippen molar-refractivity contribution in [3.05, 3.63) is 122 Å². The number of alkyl halides is 3. The molecular weight excluding hydrogens is 663 g/mol. The third kappa shape index (κ3) is 9.18. The van der Waals surface area contributed by atoms with E-state index in [1.54, 1.807) is 18.2 Å². The first-order valence-electron chi connectivity index (χ1n) is 15.4. The monoisotopic (exact) mass is 699 g/mol. The van der Waals surface area contributed by atoms with E-state index in [0.717, 1.165) is 24.8 Å². The van der Waals surface area contributed by atoms with E-state index < -0.39 is 52.0 Å². The second-order valence-electron chi connectivity index (χ2n) is 11.1. The van der Waals surface area contributed by atoms with Crippen LogP contribution in [0.4, 0.5) is 18.9 Å². The van der Waals surface area contributed by atoms with Crippen molar-refractivity contribution in [2.75, 3.05) is 40.5 Å². The van der Waals surface area contributed by atoms with Crippen molar-refractivity contribution in [1.29, 1.82) is 0 Å². The fraction of sp³-hybridized carbons (Fsp3) is 0.314. The van der Waals surface area contributed by atoms with Crippen molar-refractivity contribution in [1.82, 2.24) is 10.6 Å². The van der Waals surface area contributed by atoms with E-state index in [2.05, 4.69) is 15.4 Å². The summed E-state index contributed by atoms with van der Waals surface area (Å²) in [7, 11) is 2.35. The van der Waals surface area contributed by atoms with Crippen LogP contribution in [0.25, 0.3) is 0 Å². The number of dihydropyridines is 1. The van der Waals surface area contributed by atoms with Gasteiger partial charge >= 0.3 is 18.1 Å². The fourth-order valence-electron chi connectivity index (χ4n) is 5.39. The first kappa shape index (κ1) is 37.4. The van der Waals surface area contributed by atoms with Gasteiger partial charge in [-0.2, -0.15) is 13.2 Å². The molecule has 0 fully saturated rings. The molecule has 0 aliphatic carbocycles. The Labute approximate surface area is 285 Å². The topological polar surface area (TPSA) is 158 Å². The molecule has 0 aromatic heterocycles. The van der Waals surface area contributed by atoms with Crippen LogP contribution in [0.3, 0.4) is 0 Å². The standard InChI is InChI=1S/C35H36F3N3O9/c1-21-29(30(24-10-7-11-25(19-24)41(45)46)31(33(43)48-3)32(40-21)35(36,37)38)34(44)50-16-14-22-12-13-27(28(18-22)47-2)49-17-15-39-20-26(42)23-8-5-4-6-9-23/h4-13,18-19,26,30,39-40,42H,14-17,20H2,1-3H3. The molecule has 15 heteroatoms. The third-order valence-electron chi connectivity index (χ3n) is 7.80. The molecule has 1 aliphatic heterocycles. The molecule has 0 amide bonds. The zero-order chi connectivity index (χ0) is 36.4. The zero-order valence-electron chi connectivity index (χ0n) is 27.4. The van der Waals surface area contributed by atoms with Crippen LogP contribution >= 0.6 is 0 Å². The second-order valence-corrected chi connectivity index (χ2v) is 11.1. The molecule has 3 aromatic carbocycles. The molecule has 0 radical (unpaired) electrons. The molecule has 12 nitrogen and oxygen atoms in total. The van der Waals surface area contributed by atoms with Crippen molar-refractivity contribution >= 4 is 17.6 Å². The normalized spacial score (nSPS) is 15.2. The number of aliphatic hydroxyl groups excluding tert-OH is 1. The van der Waals surface area contributed by atoms with Crippen LogP contribution in [0, 0.1) is 10.1 Å². The molecule has 4 rings (SSSR count). The Morgan fingerprint density at radius 3 is 2.38 bits per heavy atom. The number of ether oxygens (including phenoxy) is 4. The highest BCUT2D eigenvalue weighted by Crippen LogP contribution is 2.44. The van der Waals surface area contributed by atoms with Crippen LogP contribution in [0.5, 0.6) is 11.5 Å². The number of aliphatic hydroxyl groups is 1. The number of methoxy groups -OCH3 is 2. The van der Waals surface area contributed by atoms with Crippen molar-refractivity contribution < 1.29 is 51.7 Å². The van der Waals surface area contributed by atoms with Crippen molar-refractivity contribution in [3.8, 4) is 11.5 Å². The molecule has 3 aromatic rings. The number of rotatable bonds is 15. The van der Waals surface area contributed by atoms with Gasteiger partial charge in [0.2, 0.25) is 0 Å². The van der Waals surface area contributed by atoms with E-state index in [9.17, 15) is 38.0 Å². The Morgan fingerprint density at radius 1 is 0.980 bits per heavy atom. The predicted molar refractivity (Wildman–Crippen MR) is 174 cm³/mol. The Kier molecular flexibility index (Phi) is 12.6. The fourth-order valence-corrected chi connectivity index (χ4v) is 5.39. The average molecular weight is 700 g/mol. The van der Waals surface area contributed by atoms with Crippen LogP contribution in [-0.4, -0.2) is 68.7 Å². The smallest absolute Gasteiger partial charge is 0.431 e. The summed E-state index contributed by atoms with van der Waals surface area (Å²) in [5, 5.41) is 27.0. The lowest BCUT2D eigenvalue weighted by Gasteiger charge is -2.31. The lowest BCUT2D eigenvalue weighted by Crippen LogP contribution is -2.38. The number of esters is 2. The predicted octanol–water partition coefficient (Wildman–Crippen LogP) is 5.04. The molecule has 50 heavy (non-hydrogen) atoms. The number of allylic oxidation sites excluding steroid dienone is 2. The molecule has 0 spiro atoms. The SMILES string of the molecule is COC(=O)C1=C(C(F)(F)F)NC(C)=C(C(=O)OCCc2ccc(OCCNCC(O)c3ccccc3)c(OC)c2)C1c1cccc([N+](=O)[O-])c1. The van der Waals surface area contributed by atoms with Crippen LogP contribution < -0.4 is 20.1 Å². The van der Waals surface area contributed by atoms with E-state index in [4.69, 9.17) is 14.2 Å². The van der Waals surface area contributed by atoms with Gasteiger partial charge < -0.3 is 34.7 Å². The van der Waals surface area contributed by atoms with Gasteiger partial charge in [0.15, 0.2) is 11.5 Å². The Balaban J connectivity index is 1.44. The summed E-state index contributed by atoms with van der Waals surface area (Å²) in [5.74, 6) is -3.25. The van der Waals surface area contributed by atoms with Crippen LogP contribution in [0.15, 0.2) is 95.3 Å². The first-order valence-corrected chi connectivity index (χ1v) is 15.4. The number of nitro groups is 1. The van der Waals surface area contributed by atoms with Crippen molar-refractivity contribution in [2.45, 2.75) is 31.5 Å². The molecule has 2 unspecified atom stereocenters. The number of halogens is 3. The molecule has 3 N–H and O–H groups in total. The summed E-state index contributed by atoms with van der Waals surface area (Å²) in [6.45, 7) is 2.07. The third-order valence-corrected chi connectivity index (χ3v) is 7.80. The molecular formula is C35H36F3N3O9. The maximum atomic E-state index is 14.2. The van der Waals surface area contributed by atoms with E-state index in [0.29, 0.717) is 30.2 Å². The van der Waals surface area contributed by atoms with Gasteiger partial charge in [-0.3, -0.25) is 10.1 Å². The van der Waals surface area contributed by atoms with Gasteiger partial charge in [-0.05, 0) is 35.7 Å². The lowest BCUT2D eigenvalue weighted by molar-refractivity contribution is -0.384. The molecule has 0 saturated carbocycles. The average Bonchev–Trinajstić information content (AvgIpc) is 3.10. The number of nitro benzene ring substituents is 1.